The number of ether oxygens (including phenoxy) is 2. The van der Waals surface area contributed by atoms with E-state index in [2.05, 4.69) is 0 Å². The molecule has 0 aromatic carbocycles. The fourth-order valence-corrected chi connectivity index (χ4v) is 2.10. The summed E-state index contributed by atoms with van der Waals surface area (Å²) in [5.41, 5.74) is -0.645. The highest BCUT2D eigenvalue weighted by Gasteiger charge is 2.30. The van der Waals surface area contributed by atoms with E-state index in [0.29, 0.717) is 25.9 Å². The molecule has 23 heavy (non-hydrogen) atoms. The molecule has 1 aliphatic rings. The maximum Gasteiger partial charge on any atom is 0.511 e. The third kappa shape index (κ3) is 5.15. The van der Waals surface area contributed by atoms with Crippen LogP contribution < -0.4 is 9.85 Å². The molecule has 1 aliphatic heterocycles. The molecule has 0 amide bonds. The van der Waals surface area contributed by atoms with E-state index in [1.807, 2.05) is 0 Å². The first-order chi connectivity index (χ1) is 10.7. The van der Waals surface area contributed by atoms with Gasteiger partial charge in [-0.05, 0) is 33.6 Å². The van der Waals surface area contributed by atoms with E-state index in [4.69, 9.17) is 24.0 Å². The van der Waals surface area contributed by atoms with Gasteiger partial charge in [0.1, 0.15) is 10.6 Å². The van der Waals surface area contributed by atoms with Crippen LogP contribution in [0.25, 0.3) is 0 Å². The van der Waals surface area contributed by atoms with Gasteiger partial charge in [0, 0.05) is 25.0 Å². The average molecular weight is 333 g/mol. The summed E-state index contributed by atoms with van der Waals surface area (Å²) in [5, 5.41) is 11.8. The summed E-state index contributed by atoms with van der Waals surface area (Å²) in [5.74, 6) is -1.10. The van der Waals surface area contributed by atoms with Crippen molar-refractivity contribution < 1.29 is 33.6 Å². The van der Waals surface area contributed by atoms with Gasteiger partial charge in [-0.1, -0.05) is 0 Å². The second-order valence-corrected chi connectivity index (χ2v) is 6.39. The first-order valence-electron chi connectivity index (χ1n) is 7.48. The molecule has 1 aromatic heterocycles. The number of aliphatic carboxylic acids is 1. The lowest BCUT2D eigenvalue weighted by Crippen LogP contribution is -2.42. The molecule has 2 heterocycles. The molecule has 0 spiro atoms. The van der Waals surface area contributed by atoms with Crippen molar-refractivity contribution in [2.24, 2.45) is 5.92 Å². The van der Waals surface area contributed by atoms with E-state index >= 15 is 0 Å². The van der Waals surface area contributed by atoms with Crippen LogP contribution in [0, 0.1) is 5.92 Å². The van der Waals surface area contributed by atoms with Gasteiger partial charge in [-0.15, -0.1) is 0 Å². The number of carboxylic acid groups (broad SMARTS) is 1. The number of carboxylic acids is 1. The van der Waals surface area contributed by atoms with Crippen molar-refractivity contribution >= 4 is 12.1 Å². The fourth-order valence-electron chi connectivity index (χ4n) is 2.10. The van der Waals surface area contributed by atoms with Gasteiger partial charge in [0.25, 0.3) is 6.29 Å². The minimum Gasteiger partial charge on any atom is -0.481 e. The maximum atomic E-state index is 11.5. The second kappa shape index (κ2) is 6.47. The lowest BCUT2D eigenvalue weighted by molar-refractivity contribution is -0.142. The molecule has 1 unspecified atom stereocenters. The highest BCUT2D eigenvalue weighted by molar-refractivity contribution is 5.70. The van der Waals surface area contributed by atoms with Crippen LogP contribution in [0.4, 0.5) is 4.79 Å². The SMILES string of the molecule is CC(OC(=O)OC(C)(C)C)On1on1N1CCC(C(=O)O)CC1. The molecule has 132 valence electrons. The molecule has 1 atom stereocenters. The lowest BCUT2D eigenvalue weighted by Gasteiger charge is -2.26. The van der Waals surface area contributed by atoms with Crippen molar-refractivity contribution in [1.29, 1.82) is 0 Å². The molecule has 1 fully saturated rings. The van der Waals surface area contributed by atoms with E-state index in [9.17, 15) is 9.59 Å². The zero-order valence-corrected chi connectivity index (χ0v) is 13.7. The van der Waals surface area contributed by atoms with E-state index < -0.39 is 24.0 Å². The molecule has 2 rings (SSSR count). The fraction of sp³-hybridized carbons (Fsp3) is 0.846. The zero-order valence-electron chi connectivity index (χ0n) is 13.7. The summed E-state index contributed by atoms with van der Waals surface area (Å²) in [6.45, 7) is 7.80. The highest BCUT2D eigenvalue weighted by Crippen LogP contribution is 2.17. The van der Waals surface area contributed by atoms with Crippen molar-refractivity contribution in [3.63, 3.8) is 0 Å². The number of piperidine rings is 1. The molecule has 1 N–H and O–H groups in total. The van der Waals surface area contributed by atoms with Crippen molar-refractivity contribution in [1.82, 2.24) is 9.98 Å². The summed E-state index contributed by atoms with van der Waals surface area (Å²) < 4.78 is 15.0. The first kappa shape index (κ1) is 17.1. The number of hydrogen-bond donors (Lipinski definition) is 1. The van der Waals surface area contributed by atoms with Crippen LogP contribution >= 0.6 is 0 Å². The molecule has 0 saturated carbocycles. The van der Waals surface area contributed by atoms with Crippen LogP contribution in [0.15, 0.2) is 4.63 Å². The van der Waals surface area contributed by atoms with E-state index in [1.54, 1.807) is 25.8 Å². The van der Waals surface area contributed by atoms with Crippen LogP contribution in [-0.2, 0) is 14.3 Å². The normalized spacial score (nSPS) is 17.8. The van der Waals surface area contributed by atoms with Gasteiger partial charge in [0.05, 0.1) is 5.92 Å². The summed E-state index contributed by atoms with van der Waals surface area (Å²) in [7, 11) is 0. The van der Waals surface area contributed by atoms with Crippen molar-refractivity contribution in [3.8, 4) is 0 Å². The van der Waals surface area contributed by atoms with E-state index in [1.165, 1.54) is 11.9 Å². The summed E-state index contributed by atoms with van der Waals surface area (Å²) in [6, 6.07) is 0. The number of carbonyl (C=O) groups is 2. The smallest absolute Gasteiger partial charge is 0.481 e. The Morgan fingerprint density at radius 3 is 2.39 bits per heavy atom. The Bertz CT molecular complexity index is 531. The first-order valence-corrected chi connectivity index (χ1v) is 7.48. The molecule has 10 nitrogen and oxygen atoms in total. The van der Waals surface area contributed by atoms with Crippen LogP contribution in [-0.4, -0.2) is 52.2 Å². The summed E-state index contributed by atoms with van der Waals surface area (Å²) in [6.07, 6.45) is -0.660. The van der Waals surface area contributed by atoms with Gasteiger partial charge in [0.15, 0.2) is 0 Å². The summed E-state index contributed by atoms with van der Waals surface area (Å²) >= 11 is 0. The third-order valence-corrected chi connectivity index (χ3v) is 3.21. The monoisotopic (exact) mass is 333 g/mol. The van der Waals surface area contributed by atoms with Gasteiger partial charge in [-0.2, -0.15) is 4.63 Å². The average Bonchev–Trinajstić information content (AvgIpc) is 3.15. The molecule has 1 aromatic rings. The van der Waals surface area contributed by atoms with Crippen LogP contribution in [0.3, 0.4) is 0 Å². The standard InChI is InChI=1S/C13H23N3O7/c1-9(20-12(19)21-13(2,3)4)22-16-15(23-16)14-7-5-10(6-8-14)11(17)18/h9-10H,5-8H2,1-4H3,(H,17,18). The molecule has 0 aliphatic carbocycles. The third-order valence-electron chi connectivity index (χ3n) is 3.21. The predicted molar refractivity (Wildman–Crippen MR) is 76.4 cm³/mol. The quantitative estimate of drug-likeness (QED) is 0.629. The topological polar surface area (TPSA) is 108 Å². The lowest BCUT2D eigenvalue weighted by atomic mass is 9.98. The molecule has 10 heteroatoms. The van der Waals surface area contributed by atoms with Gasteiger partial charge in [-0.3, -0.25) is 9.80 Å². The Morgan fingerprint density at radius 2 is 1.87 bits per heavy atom. The number of aromatic nitrogens is 2. The zero-order chi connectivity index (χ0) is 17.2. The molecule has 0 bridgehead atoms. The van der Waals surface area contributed by atoms with Gasteiger partial charge in [-0.25, -0.2) is 4.79 Å². The molecule has 0 radical (unpaired) electrons. The van der Waals surface area contributed by atoms with Gasteiger partial charge >= 0.3 is 12.1 Å². The van der Waals surface area contributed by atoms with E-state index in [0.717, 1.165) is 5.02 Å². The number of nitrogens with zero attached hydrogens (tertiary/aromatic N) is 3. The number of hydrogen-bond acceptors (Lipinski definition) is 7. The number of rotatable bonds is 5. The molecular formula is C13H23N3O7. The minimum atomic E-state index is -0.897. The Morgan fingerprint density at radius 1 is 1.26 bits per heavy atom. The Kier molecular flexibility index (Phi) is 4.81. The highest BCUT2D eigenvalue weighted by atomic mass is 17.0. The van der Waals surface area contributed by atoms with Crippen LogP contribution in [0.1, 0.15) is 40.5 Å². The van der Waals surface area contributed by atoms with Crippen molar-refractivity contribution in [3.05, 3.63) is 0 Å². The van der Waals surface area contributed by atoms with Crippen LogP contribution in [0.2, 0.25) is 0 Å². The summed E-state index contributed by atoms with van der Waals surface area (Å²) in [4.78, 5) is 29.0. The number of carbonyl (C=O) groups excluding carboxylic acids is 1. The maximum absolute atomic E-state index is 11.5. The van der Waals surface area contributed by atoms with Crippen LogP contribution in [0.5, 0.6) is 0 Å². The predicted octanol–water partition coefficient (Wildman–Crippen LogP) is 1.04. The van der Waals surface area contributed by atoms with Crippen molar-refractivity contribution in [2.45, 2.75) is 52.4 Å². The van der Waals surface area contributed by atoms with Gasteiger partial charge < -0.3 is 19.4 Å². The Labute approximate surface area is 133 Å². The Balaban J connectivity index is 1.73. The minimum absolute atomic E-state index is 0.324. The second-order valence-electron chi connectivity index (χ2n) is 6.39. The van der Waals surface area contributed by atoms with E-state index in [-0.39, 0.29) is 5.92 Å². The van der Waals surface area contributed by atoms with Crippen molar-refractivity contribution in [2.75, 3.05) is 18.1 Å². The van der Waals surface area contributed by atoms with Gasteiger partial charge in [0.2, 0.25) is 0 Å². The molecular weight excluding hydrogens is 310 g/mol. The largest absolute Gasteiger partial charge is 0.511 e. The molecule has 1 saturated heterocycles. The Hall–Kier alpha value is -2.26.